The van der Waals surface area contributed by atoms with Crippen molar-refractivity contribution >= 4 is 6.47 Å². The first-order chi connectivity index (χ1) is 6.58. The third kappa shape index (κ3) is 4.64. The summed E-state index contributed by atoms with van der Waals surface area (Å²) in [5.41, 5.74) is -0.299. The Hall–Kier alpha value is -0.530. The quantitative estimate of drug-likeness (QED) is 0.560. The number of unbranched alkanes of at least 4 members (excludes halogenated alkanes) is 1. The van der Waals surface area contributed by atoms with Crippen molar-refractivity contribution < 1.29 is 9.53 Å². The van der Waals surface area contributed by atoms with E-state index in [9.17, 15) is 4.79 Å². The molecule has 0 aliphatic heterocycles. The fourth-order valence-electron chi connectivity index (χ4n) is 1.86. The molecule has 0 rings (SSSR count). The minimum Gasteiger partial charge on any atom is -0.462 e. The molecule has 0 heterocycles. The molecule has 1 unspecified atom stereocenters. The summed E-state index contributed by atoms with van der Waals surface area (Å²) in [4.78, 5) is 10.4. The lowest BCUT2D eigenvalue weighted by Crippen LogP contribution is -2.34. The van der Waals surface area contributed by atoms with Crippen LogP contribution in [0.25, 0.3) is 0 Å². The molecule has 84 valence electrons. The summed E-state index contributed by atoms with van der Waals surface area (Å²) in [6, 6.07) is 0. The van der Waals surface area contributed by atoms with Crippen molar-refractivity contribution in [2.24, 2.45) is 5.92 Å². The average Bonchev–Trinajstić information content (AvgIpc) is 2.11. The number of carbonyl (C=O) groups excluding carboxylic acids is 1. The van der Waals surface area contributed by atoms with Crippen molar-refractivity contribution in [3.8, 4) is 0 Å². The maximum atomic E-state index is 10.4. The summed E-state index contributed by atoms with van der Waals surface area (Å²) in [7, 11) is 0. The summed E-state index contributed by atoms with van der Waals surface area (Å²) in [6.07, 6.45) is 5.87. The molecule has 0 aromatic carbocycles. The zero-order valence-electron chi connectivity index (χ0n) is 10.0. The van der Waals surface area contributed by atoms with Crippen molar-refractivity contribution in [3.05, 3.63) is 0 Å². The normalized spacial score (nSPS) is 13.7. The second-order valence-corrected chi connectivity index (χ2v) is 4.45. The van der Waals surface area contributed by atoms with Gasteiger partial charge >= 0.3 is 0 Å². The fraction of sp³-hybridized carbons (Fsp3) is 0.917. The summed E-state index contributed by atoms with van der Waals surface area (Å²) in [5.74, 6) is 0.498. The Bertz CT molecular complexity index is 152. The highest BCUT2D eigenvalue weighted by Crippen LogP contribution is 2.29. The van der Waals surface area contributed by atoms with E-state index >= 15 is 0 Å². The Kier molecular flexibility index (Phi) is 6.60. The number of rotatable bonds is 8. The third-order valence-corrected chi connectivity index (χ3v) is 2.88. The van der Waals surface area contributed by atoms with Crippen LogP contribution in [0.1, 0.15) is 59.8 Å². The topological polar surface area (TPSA) is 26.3 Å². The van der Waals surface area contributed by atoms with Crippen LogP contribution in [0.2, 0.25) is 0 Å². The first-order valence-electron chi connectivity index (χ1n) is 5.69. The van der Waals surface area contributed by atoms with Crippen molar-refractivity contribution in [1.29, 1.82) is 0 Å². The van der Waals surface area contributed by atoms with Gasteiger partial charge in [0.05, 0.1) is 0 Å². The predicted octanol–water partition coefficient (Wildman–Crippen LogP) is 3.54. The van der Waals surface area contributed by atoms with Gasteiger partial charge in [-0.25, -0.2) is 0 Å². The minimum absolute atomic E-state index is 0.299. The van der Waals surface area contributed by atoms with Crippen LogP contribution in [-0.2, 0) is 9.53 Å². The Balaban J connectivity index is 4.20. The molecule has 0 aromatic rings. The highest BCUT2D eigenvalue weighted by Gasteiger charge is 2.29. The lowest BCUT2D eigenvalue weighted by molar-refractivity contribution is -0.146. The molecule has 0 spiro atoms. The lowest BCUT2D eigenvalue weighted by atomic mass is 9.83. The maximum absolute atomic E-state index is 10.4. The SMILES string of the molecule is CCCCC(CCC)C(C)(C)OC=O. The van der Waals surface area contributed by atoms with E-state index in [2.05, 4.69) is 13.8 Å². The predicted molar refractivity (Wildman–Crippen MR) is 59.2 cm³/mol. The molecule has 0 aliphatic rings. The Morgan fingerprint density at radius 2 is 1.86 bits per heavy atom. The molecule has 0 saturated heterocycles. The molecule has 0 aliphatic carbocycles. The van der Waals surface area contributed by atoms with Gasteiger partial charge in [-0.3, -0.25) is 4.79 Å². The van der Waals surface area contributed by atoms with E-state index in [-0.39, 0.29) is 5.60 Å². The molecule has 0 amide bonds. The number of ether oxygens (including phenoxy) is 1. The summed E-state index contributed by atoms with van der Waals surface area (Å²) in [5, 5.41) is 0. The van der Waals surface area contributed by atoms with Gasteiger partial charge in [0.1, 0.15) is 5.60 Å². The van der Waals surface area contributed by atoms with E-state index < -0.39 is 0 Å². The summed E-state index contributed by atoms with van der Waals surface area (Å²) in [6.45, 7) is 8.97. The first-order valence-corrected chi connectivity index (χ1v) is 5.69. The molecule has 1 atom stereocenters. The lowest BCUT2D eigenvalue weighted by Gasteiger charge is -2.32. The smallest absolute Gasteiger partial charge is 0.293 e. The van der Waals surface area contributed by atoms with Crippen LogP contribution in [0.5, 0.6) is 0 Å². The van der Waals surface area contributed by atoms with Crippen LogP contribution < -0.4 is 0 Å². The molecule has 0 aromatic heterocycles. The fourth-order valence-corrected chi connectivity index (χ4v) is 1.86. The van der Waals surface area contributed by atoms with Crippen LogP contribution in [0.15, 0.2) is 0 Å². The van der Waals surface area contributed by atoms with Gasteiger partial charge in [0.15, 0.2) is 0 Å². The Morgan fingerprint density at radius 1 is 1.21 bits per heavy atom. The second kappa shape index (κ2) is 6.86. The highest BCUT2D eigenvalue weighted by atomic mass is 16.5. The Morgan fingerprint density at radius 3 is 2.29 bits per heavy atom. The molecular weight excluding hydrogens is 176 g/mol. The molecule has 0 bridgehead atoms. The second-order valence-electron chi connectivity index (χ2n) is 4.45. The van der Waals surface area contributed by atoms with Gasteiger partial charge in [-0.1, -0.05) is 33.1 Å². The van der Waals surface area contributed by atoms with Crippen LogP contribution in [0, 0.1) is 5.92 Å². The van der Waals surface area contributed by atoms with Gasteiger partial charge < -0.3 is 4.74 Å². The molecule has 2 heteroatoms. The van der Waals surface area contributed by atoms with Crippen molar-refractivity contribution in [3.63, 3.8) is 0 Å². The molecular formula is C12H24O2. The van der Waals surface area contributed by atoms with E-state index in [0.29, 0.717) is 12.4 Å². The number of carbonyl (C=O) groups is 1. The van der Waals surface area contributed by atoms with E-state index in [1.54, 1.807) is 0 Å². The monoisotopic (exact) mass is 200 g/mol. The van der Waals surface area contributed by atoms with E-state index in [1.807, 2.05) is 13.8 Å². The van der Waals surface area contributed by atoms with Crippen molar-refractivity contribution in [2.45, 2.75) is 65.4 Å². The van der Waals surface area contributed by atoms with E-state index in [4.69, 9.17) is 4.74 Å². The van der Waals surface area contributed by atoms with Gasteiger partial charge in [0, 0.05) is 0 Å². The van der Waals surface area contributed by atoms with E-state index in [0.717, 1.165) is 19.3 Å². The third-order valence-electron chi connectivity index (χ3n) is 2.88. The number of hydrogen-bond acceptors (Lipinski definition) is 2. The van der Waals surface area contributed by atoms with Gasteiger partial charge in [-0.15, -0.1) is 0 Å². The summed E-state index contributed by atoms with van der Waals surface area (Å²) < 4.78 is 5.16. The van der Waals surface area contributed by atoms with Crippen LogP contribution >= 0.6 is 0 Å². The number of hydrogen-bond donors (Lipinski definition) is 0. The average molecular weight is 200 g/mol. The molecule has 2 nitrogen and oxygen atoms in total. The van der Waals surface area contributed by atoms with Crippen molar-refractivity contribution in [1.82, 2.24) is 0 Å². The van der Waals surface area contributed by atoms with Gasteiger partial charge in [-0.2, -0.15) is 0 Å². The largest absolute Gasteiger partial charge is 0.462 e. The zero-order chi connectivity index (χ0) is 11.0. The standard InChI is InChI=1S/C12H24O2/c1-5-7-9-11(8-6-2)12(3,4)14-10-13/h10-11H,5-9H2,1-4H3. The summed E-state index contributed by atoms with van der Waals surface area (Å²) >= 11 is 0. The van der Waals surface area contributed by atoms with Crippen molar-refractivity contribution in [2.75, 3.05) is 0 Å². The van der Waals surface area contributed by atoms with Crippen LogP contribution in [0.4, 0.5) is 0 Å². The molecule has 0 radical (unpaired) electrons. The molecule has 0 N–H and O–H groups in total. The van der Waals surface area contributed by atoms with E-state index in [1.165, 1.54) is 12.8 Å². The molecule has 0 fully saturated rings. The van der Waals surface area contributed by atoms with Gasteiger partial charge in [0.25, 0.3) is 6.47 Å². The molecule has 14 heavy (non-hydrogen) atoms. The van der Waals surface area contributed by atoms with Gasteiger partial charge in [-0.05, 0) is 32.6 Å². The maximum Gasteiger partial charge on any atom is 0.293 e. The zero-order valence-corrected chi connectivity index (χ0v) is 10.0. The minimum atomic E-state index is -0.299. The first kappa shape index (κ1) is 13.5. The van der Waals surface area contributed by atoms with Gasteiger partial charge in [0.2, 0.25) is 0 Å². The molecule has 0 saturated carbocycles. The Labute approximate surface area is 88.0 Å². The van der Waals surface area contributed by atoms with Crippen LogP contribution in [-0.4, -0.2) is 12.1 Å². The highest BCUT2D eigenvalue weighted by molar-refractivity contribution is 5.38. The van der Waals surface area contributed by atoms with Crippen LogP contribution in [0.3, 0.4) is 0 Å².